The van der Waals surface area contributed by atoms with Crippen LogP contribution in [0.5, 0.6) is 0 Å². The highest BCUT2D eigenvalue weighted by Gasteiger charge is 2.43. The largest absolute Gasteiger partial charge is 0.339 e. The summed E-state index contributed by atoms with van der Waals surface area (Å²) < 4.78 is 1.77. The molecule has 0 aromatic carbocycles. The first-order chi connectivity index (χ1) is 12.5. The van der Waals surface area contributed by atoms with E-state index < -0.39 is 0 Å². The Bertz CT molecular complexity index is 685. The Kier molecular flexibility index (Phi) is 5.46. The number of likely N-dealkylation sites (tertiary alicyclic amines) is 1. The third-order valence-corrected chi connectivity index (χ3v) is 5.82. The lowest BCUT2D eigenvalue weighted by molar-refractivity contribution is -0.130. The molecule has 0 N–H and O–H groups in total. The van der Waals surface area contributed by atoms with Crippen molar-refractivity contribution in [3.05, 3.63) is 30.6 Å². The maximum absolute atomic E-state index is 12.9. The van der Waals surface area contributed by atoms with Gasteiger partial charge in [-0.2, -0.15) is 5.10 Å². The summed E-state index contributed by atoms with van der Waals surface area (Å²) in [4.78, 5) is 31.4. The van der Waals surface area contributed by atoms with Gasteiger partial charge in [-0.3, -0.25) is 19.2 Å². The van der Waals surface area contributed by atoms with Gasteiger partial charge >= 0.3 is 0 Å². The Labute approximate surface area is 155 Å². The minimum atomic E-state index is -0.146. The average molecular weight is 359 g/mol. The van der Waals surface area contributed by atoms with Gasteiger partial charge in [0.25, 0.3) is 5.91 Å². The number of rotatable bonds is 4. The highest BCUT2D eigenvalue weighted by Crippen LogP contribution is 2.32. The molecule has 142 valence electrons. The van der Waals surface area contributed by atoms with Gasteiger partial charge in [-0.15, -0.1) is 6.58 Å². The van der Waals surface area contributed by atoms with Gasteiger partial charge < -0.3 is 9.80 Å². The summed E-state index contributed by atoms with van der Waals surface area (Å²) in [6, 6.07) is 1.79. The lowest BCUT2D eigenvalue weighted by atomic mass is 9.86. The van der Waals surface area contributed by atoms with Crippen LogP contribution in [0.1, 0.15) is 36.7 Å². The van der Waals surface area contributed by atoms with Gasteiger partial charge in [-0.1, -0.05) is 6.08 Å². The van der Waals surface area contributed by atoms with Crippen molar-refractivity contribution in [3.8, 4) is 0 Å². The van der Waals surface area contributed by atoms with E-state index in [0.29, 0.717) is 38.3 Å². The van der Waals surface area contributed by atoms with Crippen molar-refractivity contribution in [2.45, 2.75) is 38.3 Å². The summed E-state index contributed by atoms with van der Waals surface area (Å²) in [5.74, 6) is 0.170. The summed E-state index contributed by atoms with van der Waals surface area (Å²) in [5, 5.41) is 4.36. The second-order valence-corrected chi connectivity index (χ2v) is 7.31. The zero-order valence-corrected chi connectivity index (χ0v) is 15.9. The van der Waals surface area contributed by atoms with E-state index in [1.54, 1.807) is 16.8 Å². The molecule has 2 fully saturated rings. The van der Waals surface area contributed by atoms with Gasteiger partial charge in [0.05, 0.1) is 0 Å². The van der Waals surface area contributed by atoms with Crippen molar-refractivity contribution in [1.29, 1.82) is 0 Å². The molecule has 0 unspecified atom stereocenters. The fraction of sp³-hybridized carbons (Fsp3) is 0.632. The van der Waals surface area contributed by atoms with Crippen molar-refractivity contribution in [2.75, 3.05) is 39.8 Å². The molecule has 1 aromatic rings. The number of aromatic nitrogens is 2. The molecule has 2 saturated heterocycles. The van der Waals surface area contributed by atoms with Crippen LogP contribution < -0.4 is 0 Å². The fourth-order valence-corrected chi connectivity index (χ4v) is 4.03. The zero-order valence-electron chi connectivity index (χ0n) is 15.9. The molecule has 2 amide bonds. The van der Waals surface area contributed by atoms with Gasteiger partial charge in [0, 0.05) is 57.4 Å². The second kappa shape index (κ2) is 7.61. The molecule has 7 heteroatoms. The van der Waals surface area contributed by atoms with Crippen molar-refractivity contribution < 1.29 is 9.59 Å². The number of piperazine rings is 1. The number of carbonyl (C=O) groups excluding carboxylic acids is 2. The first kappa shape index (κ1) is 18.6. The molecule has 0 aliphatic carbocycles. The predicted molar refractivity (Wildman–Crippen MR) is 99.8 cm³/mol. The topological polar surface area (TPSA) is 61.7 Å². The summed E-state index contributed by atoms with van der Waals surface area (Å²) in [6.45, 7) is 9.97. The van der Waals surface area contributed by atoms with Crippen molar-refractivity contribution in [3.63, 3.8) is 0 Å². The van der Waals surface area contributed by atoms with Crippen molar-refractivity contribution in [1.82, 2.24) is 24.5 Å². The van der Waals surface area contributed by atoms with E-state index in [0.717, 1.165) is 25.9 Å². The molecular weight excluding hydrogens is 330 g/mol. The number of likely N-dealkylation sites (N-methyl/N-ethyl adjacent to an activating group) is 1. The molecule has 3 rings (SSSR count). The molecule has 7 nitrogen and oxygen atoms in total. The van der Waals surface area contributed by atoms with Crippen molar-refractivity contribution in [2.24, 2.45) is 0 Å². The fourth-order valence-electron chi connectivity index (χ4n) is 4.03. The second-order valence-electron chi connectivity index (χ2n) is 7.31. The quantitative estimate of drug-likeness (QED) is 0.759. The van der Waals surface area contributed by atoms with Crippen LogP contribution in [0.4, 0.5) is 0 Å². The number of hydrogen-bond acceptors (Lipinski definition) is 4. The Hall–Kier alpha value is -2.15. The van der Waals surface area contributed by atoms with E-state index in [4.69, 9.17) is 0 Å². The number of hydrogen-bond donors (Lipinski definition) is 0. The molecule has 1 atom stereocenters. The van der Waals surface area contributed by atoms with Crippen LogP contribution in [-0.4, -0.2) is 81.6 Å². The van der Waals surface area contributed by atoms with Crippen LogP contribution in [-0.2, 0) is 11.3 Å². The minimum absolute atomic E-state index is 0.0109. The lowest BCUT2D eigenvalue weighted by Gasteiger charge is -2.49. The standard InChI is InChI=1S/C19H29N5O2/c1-4-10-22-12-9-19(8-6-17(22)25)15-23(14-13-21(19)3)18(26)16-7-11-24(5-2)20-16/h4,7,11H,1,5-6,8-10,12-15H2,2-3H3/t19-/m0/s1. The highest BCUT2D eigenvalue weighted by atomic mass is 16.2. The first-order valence-electron chi connectivity index (χ1n) is 9.42. The zero-order chi connectivity index (χ0) is 18.7. The molecular formula is C19H29N5O2. The predicted octanol–water partition coefficient (Wildman–Crippen LogP) is 1.23. The minimum Gasteiger partial charge on any atom is -0.339 e. The van der Waals surface area contributed by atoms with Crippen molar-refractivity contribution >= 4 is 11.8 Å². The maximum Gasteiger partial charge on any atom is 0.274 e. The van der Waals surface area contributed by atoms with E-state index in [9.17, 15) is 9.59 Å². The smallest absolute Gasteiger partial charge is 0.274 e. The van der Waals surface area contributed by atoms with Crippen LogP contribution in [0.2, 0.25) is 0 Å². The number of carbonyl (C=O) groups is 2. The summed E-state index contributed by atoms with van der Waals surface area (Å²) in [5.41, 5.74) is 0.358. The van der Waals surface area contributed by atoms with Crippen LogP contribution in [0.15, 0.2) is 24.9 Å². The molecule has 1 aromatic heterocycles. The summed E-state index contributed by atoms with van der Waals surface area (Å²) in [7, 11) is 2.11. The van der Waals surface area contributed by atoms with Crippen LogP contribution >= 0.6 is 0 Å². The molecule has 2 aliphatic heterocycles. The van der Waals surface area contributed by atoms with Gasteiger partial charge in [-0.05, 0) is 32.9 Å². The Morgan fingerprint density at radius 3 is 2.85 bits per heavy atom. The third-order valence-electron chi connectivity index (χ3n) is 5.82. The Morgan fingerprint density at radius 1 is 1.35 bits per heavy atom. The van der Waals surface area contributed by atoms with Gasteiger partial charge in [0.1, 0.15) is 5.69 Å². The van der Waals surface area contributed by atoms with Gasteiger partial charge in [0.15, 0.2) is 0 Å². The van der Waals surface area contributed by atoms with Crippen LogP contribution in [0, 0.1) is 0 Å². The molecule has 2 aliphatic rings. The summed E-state index contributed by atoms with van der Waals surface area (Å²) >= 11 is 0. The molecule has 26 heavy (non-hydrogen) atoms. The molecule has 0 saturated carbocycles. The maximum atomic E-state index is 12.9. The number of nitrogens with zero attached hydrogens (tertiary/aromatic N) is 5. The monoisotopic (exact) mass is 359 g/mol. The highest BCUT2D eigenvalue weighted by molar-refractivity contribution is 5.92. The van der Waals surface area contributed by atoms with Crippen LogP contribution in [0.3, 0.4) is 0 Å². The van der Waals surface area contributed by atoms with E-state index >= 15 is 0 Å². The SMILES string of the molecule is C=CCN1CC[C@@]2(CCC1=O)CN(C(=O)c1ccn(CC)n1)CCN2C. The molecule has 3 heterocycles. The van der Waals surface area contributed by atoms with E-state index in [2.05, 4.69) is 23.6 Å². The first-order valence-corrected chi connectivity index (χ1v) is 9.42. The number of aryl methyl sites for hydroxylation is 1. The Balaban J connectivity index is 1.76. The summed E-state index contributed by atoms with van der Waals surface area (Å²) in [6.07, 6.45) is 5.79. The van der Waals surface area contributed by atoms with E-state index in [-0.39, 0.29) is 17.4 Å². The van der Waals surface area contributed by atoms with E-state index in [1.807, 2.05) is 22.9 Å². The Morgan fingerprint density at radius 2 is 2.15 bits per heavy atom. The molecule has 1 spiro atoms. The molecule has 0 radical (unpaired) electrons. The number of amides is 2. The normalized spacial score (nSPS) is 24.8. The van der Waals surface area contributed by atoms with E-state index in [1.165, 1.54) is 0 Å². The third kappa shape index (κ3) is 3.53. The van der Waals surface area contributed by atoms with Gasteiger partial charge in [0.2, 0.25) is 5.91 Å². The lowest BCUT2D eigenvalue weighted by Crippen LogP contribution is -2.62. The average Bonchev–Trinajstić information content (AvgIpc) is 3.08. The van der Waals surface area contributed by atoms with Gasteiger partial charge in [-0.25, -0.2) is 0 Å². The van der Waals surface area contributed by atoms with Crippen LogP contribution in [0.25, 0.3) is 0 Å². The molecule has 0 bridgehead atoms.